The summed E-state index contributed by atoms with van der Waals surface area (Å²) in [6.07, 6.45) is 0.990. The summed E-state index contributed by atoms with van der Waals surface area (Å²) in [6, 6.07) is 15.2. The predicted molar refractivity (Wildman–Crippen MR) is 84.1 cm³/mol. The van der Waals surface area contributed by atoms with Crippen LogP contribution in [0.1, 0.15) is 12.5 Å². The maximum Gasteiger partial charge on any atom is 0.262 e. The Morgan fingerprint density at radius 3 is 2.35 bits per heavy atom. The maximum absolute atomic E-state index is 11.7. The number of aryl methyl sites for hydroxylation is 1. The third-order valence-corrected chi connectivity index (χ3v) is 3.36. The zero-order chi connectivity index (χ0) is 14.4. The summed E-state index contributed by atoms with van der Waals surface area (Å²) in [5, 5.41) is 2.78. The SMILES string of the molecule is CCc1ccc(OCC(=O)Nc2ccc(Br)cc2)cc1. The molecule has 0 radical (unpaired) electrons. The number of hydrogen-bond donors (Lipinski definition) is 1. The molecule has 2 aromatic rings. The van der Waals surface area contributed by atoms with Crippen molar-refractivity contribution in [3.8, 4) is 5.75 Å². The van der Waals surface area contributed by atoms with Crippen LogP contribution in [0.3, 0.4) is 0 Å². The van der Waals surface area contributed by atoms with Crippen molar-refractivity contribution in [3.05, 3.63) is 58.6 Å². The van der Waals surface area contributed by atoms with Gasteiger partial charge in [0.15, 0.2) is 6.61 Å². The summed E-state index contributed by atoms with van der Waals surface area (Å²) in [6.45, 7) is 2.10. The summed E-state index contributed by atoms with van der Waals surface area (Å²) in [5.41, 5.74) is 2.00. The third-order valence-electron chi connectivity index (χ3n) is 2.83. The number of ether oxygens (including phenoxy) is 1. The van der Waals surface area contributed by atoms with E-state index in [9.17, 15) is 4.79 Å². The highest BCUT2D eigenvalue weighted by atomic mass is 79.9. The topological polar surface area (TPSA) is 38.3 Å². The molecule has 104 valence electrons. The molecule has 20 heavy (non-hydrogen) atoms. The summed E-state index contributed by atoms with van der Waals surface area (Å²) < 4.78 is 6.42. The molecule has 0 aliphatic rings. The van der Waals surface area contributed by atoms with Crippen LogP contribution in [-0.4, -0.2) is 12.5 Å². The van der Waals surface area contributed by atoms with E-state index < -0.39 is 0 Å². The number of benzene rings is 2. The number of nitrogens with one attached hydrogen (secondary N) is 1. The molecule has 2 aromatic carbocycles. The first-order valence-electron chi connectivity index (χ1n) is 6.44. The van der Waals surface area contributed by atoms with Crippen molar-refractivity contribution in [2.24, 2.45) is 0 Å². The fourth-order valence-corrected chi connectivity index (χ4v) is 1.96. The lowest BCUT2D eigenvalue weighted by Gasteiger charge is -2.08. The quantitative estimate of drug-likeness (QED) is 0.897. The van der Waals surface area contributed by atoms with Crippen LogP contribution in [0.2, 0.25) is 0 Å². The minimum atomic E-state index is -0.174. The Morgan fingerprint density at radius 2 is 1.75 bits per heavy atom. The first-order chi connectivity index (χ1) is 9.67. The fraction of sp³-hybridized carbons (Fsp3) is 0.188. The van der Waals surface area contributed by atoms with E-state index in [2.05, 4.69) is 28.2 Å². The summed E-state index contributed by atoms with van der Waals surface area (Å²) in [7, 11) is 0. The van der Waals surface area contributed by atoms with Crippen molar-refractivity contribution < 1.29 is 9.53 Å². The van der Waals surface area contributed by atoms with E-state index in [1.165, 1.54) is 5.56 Å². The number of rotatable bonds is 5. The third kappa shape index (κ3) is 4.38. The van der Waals surface area contributed by atoms with E-state index in [0.29, 0.717) is 5.75 Å². The van der Waals surface area contributed by atoms with Gasteiger partial charge < -0.3 is 10.1 Å². The van der Waals surface area contributed by atoms with Crippen molar-refractivity contribution in [3.63, 3.8) is 0 Å². The van der Waals surface area contributed by atoms with E-state index in [4.69, 9.17) is 4.74 Å². The highest BCUT2D eigenvalue weighted by Gasteiger charge is 2.03. The number of amides is 1. The zero-order valence-electron chi connectivity index (χ0n) is 11.2. The fourth-order valence-electron chi connectivity index (χ4n) is 1.70. The van der Waals surface area contributed by atoms with Gasteiger partial charge in [-0.05, 0) is 48.4 Å². The molecular formula is C16H16BrNO2. The minimum Gasteiger partial charge on any atom is -0.484 e. The monoisotopic (exact) mass is 333 g/mol. The second kappa shape index (κ2) is 7.10. The van der Waals surface area contributed by atoms with Gasteiger partial charge in [-0.2, -0.15) is 0 Å². The van der Waals surface area contributed by atoms with Crippen LogP contribution >= 0.6 is 15.9 Å². The lowest BCUT2D eigenvalue weighted by atomic mass is 10.2. The average molecular weight is 334 g/mol. The molecule has 0 fully saturated rings. The Hall–Kier alpha value is -1.81. The van der Waals surface area contributed by atoms with Crippen molar-refractivity contribution in [1.82, 2.24) is 0 Å². The van der Waals surface area contributed by atoms with Gasteiger partial charge in [0.25, 0.3) is 5.91 Å². The largest absolute Gasteiger partial charge is 0.484 e. The van der Waals surface area contributed by atoms with Crippen molar-refractivity contribution in [2.75, 3.05) is 11.9 Å². The van der Waals surface area contributed by atoms with E-state index in [0.717, 1.165) is 16.6 Å². The highest BCUT2D eigenvalue weighted by Crippen LogP contribution is 2.15. The van der Waals surface area contributed by atoms with Gasteiger partial charge >= 0.3 is 0 Å². The van der Waals surface area contributed by atoms with E-state index in [1.54, 1.807) is 0 Å². The van der Waals surface area contributed by atoms with Crippen LogP contribution in [0.15, 0.2) is 53.0 Å². The predicted octanol–water partition coefficient (Wildman–Crippen LogP) is 4.03. The molecule has 0 spiro atoms. The molecule has 4 heteroatoms. The molecule has 3 nitrogen and oxygen atoms in total. The molecule has 0 saturated carbocycles. The smallest absolute Gasteiger partial charge is 0.262 e. The maximum atomic E-state index is 11.7. The zero-order valence-corrected chi connectivity index (χ0v) is 12.8. The van der Waals surface area contributed by atoms with Crippen LogP contribution in [0, 0.1) is 0 Å². The Labute approximate surface area is 127 Å². The Morgan fingerprint density at radius 1 is 1.10 bits per heavy atom. The van der Waals surface area contributed by atoms with Crippen LogP contribution in [0.25, 0.3) is 0 Å². The van der Waals surface area contributed by atoms with Gasteiger partial charge in [0.1, 0.15) is 5.75 Å². The molecule has 0 atom stereocenters. The Bertz CT molecular complexity index is 564. The molecule has 0 unspecified atom stereocenters. The summed E-state index contributed by atoms with van der Waals surface area (Å²) in [4.78, 5) is 11.7. The van der Waals surface area contributed by atoms with Crippen LogP contribution in [-0.2, 0) is 11.2 Å². The molecule has 0 aliphatic carbocycles. The first-order valence-corrected chi connectivity index (χ1v) is 7.24. The Balaban J connectivity index is 1.83. The molecule has 1 N–H and O–H groups in total. The van der Waals surface area contributed by atoms with Crippen molar-refractivity contribution in [1.29, 1.82) is 0 Å². The van der Waals surface area contributed by atoms with E-state index in [-0.39, 0.29) is 12.5 Å². The molecule has 0 aromatic heterocycles. The summed E-state index contributed by atoms with van der Waals surface area (Å²) >= 11 is 3.35. The molecule has 2 rings (SSSR count). The number of carbonyl (C=O) groups excluding carboxylic acids is 1. The van der Waals surface area contributed by atoms with Gasteiger partial charge in [0, 0.05) is 10.2 Å². The lowest BCUT2D eigenvalue weighted by molar-refractivity contribution is -0.118. The lowest BCUT2D eigenvalue weighted by Crippen LogP contribution is -2.20. The molecule has 0 heterocycles. The van der Waals surface area contributed by atoms with Gasteiger partial charge in [-0.3, -0.25) is 4.79 Å². The molecule has 0 aliphatic heterocycles. The Kier molecular flexibility index (Phi) is 5.18. The van der Waals surface area contributed by atoms with Gasteiger partial charge in [0.05, 0.1) is 0 Å². The number of halogens is 1. The molecular weight excluding hydrogens is 318 g/mol. The van der Waals surface area contributed by atoms with Crippen molar-refractivity contribution in [2.45, 2.75) is 13.3 Å². The minimum absolute atomic E-state index is 0.00152. The van der Waals surface area contributed by atoms with E-state index >= 15 is 0 Å². The van der Waals surface area contributed by atoms with Crippen molar-refractivity contribution >= 4 is 27.5 Å². The summed E-state index contributed by atoms with van der Waals surface area (Å²) in [5.74, 6) is 0.528. The molecule has 0 bridgehead atoms. The molecule has 0 saturated heterocycles. The first kappa shape index (κ1) is 14.6. The van der Waals surface area contributed by atoms with Gasteiger partial charge in [-0.25, -0.2) is 0 Å². The van der Waals surface area contributed by atoms with Gasteiger partial charge in [0.2, 0.25) is 0 Å². The molecule has 1 amide bonds. The normalized spacial score (nSPS) is 10.1. The van der Waals surface area contributed by atoms with Crippen LogP contribution in [0.5, 0.6) is 5.75 Å². The van der Waals surface area contributed by atoms with E-state index in [1.807, 2.05) is 48.5 Å². The number of carbonyl (C=O) groups is 1. The number of hydrogen-bond acceptors (Lipinski definition) is 2. The van der Waals surface area contributed by atoms with Crippen LogP contribution < -0.4 is 10.1 Å². The van der Waals surface area contributed by atoms with Gasteiger partial charge in [-0.1, -0.05) is 35.0 Å². The average Bonchev–Trinajstić information content (AvgIpc) is 2.48. The highest BCUT2D eigenvalue weighted by molar-refractivity contribution is 9.10. The second-order valence-electron chi connectivity index (χ2n) is 4.34. The standard InChI is InChI=1S/C16H16BrNO2/c1-2-12-3-9-15(10-4-12)20-11-16(19)18-14-7-5-13(17)6-8-14/h3-10H,2,11H2,1H3,(H,18,19). The number of anilines is 1. The van der Waals surface area contributed by atoms with Crippen LogP contribution in [0.4, 0.5) is 5.69 Å². The second-order valence-corrected chi connectivity index (χ2v) is 5.26. The van der Waals surface area contributed by atoms with Gasteiger partial charge in [-0.15, -0.1) is 0 Å².